The largest absolute Gasteiger partial charge is 0.458 e. The standard InChI is InChI=1S/C50H50BNO/c1-27-17-29(3)45(30(4)18-27)33-13-15-41-37(21-33)38-22-34(46-31(5)19-28(2)20-32(46)6)23-40-48(38)52(41)42-25-36(50(10,11)12)26-44-47(42)51(40)39-24-35(49(7,8)9)14-16-43(39)53-44/h13-26H,1-12H3. The van der Waals surface area contributed by atoms with Crippen molar-refractivity contribution in [1.29, 1.82) is 0 Å². The Morgan fingerprint density at radius 2 is 1.09 bits per heavy atom. The van der Waals surface area contributed by atoms with Gasteiger partial charge in [0.05, 0.1) is 5.52 Å². The van der Waals surface area contributed by atoms with Crippen molar-refractivity contribution in [2.24, 2.45) is 0 Å². The Hall–Kier alpha value is -5.02. The maximum absolute atomic E-state index is 6.99. The highest BCUT2D eigenvalue weighted by Crippen LogP contribution is 2.43. The number of benzene rings is 6. The van der Waals surface area contributed by atoms with Crippen molar-refractivity contribution in [2.75, 3.05) is 0 Å². The highest BCUT2D eigenvalue weighted by molar-refractivity contribution is 6.99. The van der Waals surface area contributed by atoms with Crippen LogP contribution in [0.15, 0.2) is 84.9 Å². The molecule has 2 aliphatic heterocycles. The van der Waals surface area contributed by atoms with Gasteiger partial charge in [0.2, 0.25) is 0 Å². The van der Waals surface area contributed by atoms with Crippen LogP contribution in [0.1, 0.15) is 86.1 Å². The van der Waals surface area contributed by atoms with E-state index in [9.17, 15) is 0 Å². The summed E-state index contributed by atoms with van der Waals surface area (Å²) in [4.78, 5) is 0. The van der Waals surface area contributed by atoms with E-state index < -0.39 is 0 Å². The molecule has 0 aliphatic carbocycles. The Balaban J connectivity index is 1.46. The van der Waals surface area contributed by atoms with Gasteiger partial charge in [-0.15, -0.1) is 0 Å². The smallest absolute Gasteiger partial charge is 0.256 e. The fraction of sp³-hybridized carbons (Fsp3) is 0.280. The van der Waals surface area contributed by atoms with Crippen molar-refractivity contribution in [2.45, 2.75) is 93.9 Å². The second-order valence-corrected chi connectivity index (χ2v) is 18.3. The lowest BCUT2D eigenvalue weighted by molar-refractivity contribution is 0.482. The first-order valence-electron chi connectivity index (χ1n) is 19.3. The Bertz CT molecular complexity index is 2680. The molecule has 0 fully saturated rings. The highest BCUT2D eigenvalue weighted by atomic mass is 16.5. The molecule has 0 amide bonds. The average Bonchev–Trinajstić information content (AvgIpc) is 3.38. The first kappa shape index (κ1) is 33.8. The van der Waals surface area contributed by atoms with Crippen LogP contribution in [0.25, 0.3) is 49.7 Å². The third kappa shape index (κ3) is 5.07. The molecule has 264 valence electrons. The molecule has 0 spiro atoms. The second-order valence-electron chi connectivity index (χ2n) is 18.3. The van der Waals surface area contributed by atoms with Gasteiger partial charge in [0.15, 0.2) is 0 Å². The van der Waals surface area contributed by atoms with E-state index in [4.69, 9.17) is 4.74 Å². The molecule has 0 N–H and O–H groups in total. The molecule has 53 heavy (non-hydrogen) atoms. The SMILES string of the molecule is Cc1cc(C)c(-c2ccc3c(c2)c2cc(-c4c(C)cc(C)cc4C)cc4c2n3-c2cc(C(C)(C)C)cc3c2B4c2cc(C(C)(C)C)ccc2O3)c(C)c1. The molecule has 0 unspecified atom stereocenters. The van der Waals surface area contributed by atoms with Gasteiger partial charge in [-0.2, -0.15) is 0 Å². The molecular formula is C50H50BNO. The van der Waals surface area contributed by atoms with Crippen LogP contribution in [-0.4, -0.2) is 11.3 Å². The summed E-state index contributed by atoms with van der Waals surface area (Å²) in [6, 6.07) is 33.2. The molecule has 0 atom stereocenters. The normalized spacial score (nSPS) is 13.4. The van der Waals surface area contributed by atoms with E-state index in [2.05, 4.69) is 173 Å². The Labute approximate surface area is 315 Å². The number of hydrogen-bond acceptors (Lipinski definition) is 1. The number of nitrogens with zero attached hydrogens (tertiary/aromatic N) is 1. The number of hydrogen-bond donors (Lipinski definition) is 0. The maximum Gasteiger partial charge on any atom is 0.256 e. The van der Waals surface area contributed by atoms with Crippen LogP contribution in [0, 0.1) is 41.5 Å². The molecule has 0 saturated carbocycles. The van der Waals surface area contributed by atoms with E-state index >= 15 is 0 Å². The van der Waals surface area contributed by atoms with Crippen LogP contribution >= 0.6 is 0 Å². The lowest BCUT2D eigenvalue weighted by Crippen LogP contribution is -2.58. The maximum atomic E-state index is 6.99. The fourth-order valence-corrected chi connectivity index (χ4v) is 9.75. The Morgan fingerprint density at radius 1 is 0.509 bits per heavy atom. The minimum Gasteiger partial charge on any atom is -0.458 e. The van der Waals surface area contributed by atoms with E-state index in [1.165, 1.54) is 111 Å². The number of fused-ring (bicyclic) bond motifs is 7. The molecule has 1 aromatic heterocycles. The third-order valence-electron chi connectivity index (χ3n) is 12.1. The van der Waals surface area contributed by atoms with Gasteiger partial charge in [-0.25, -0.2) is 0 Å². The molecule has 9 rings (SSSR count). The van der Waals surface area contributed by atoms with Gasteiger partial charge in [0.1, 0.15) is 11.5 Å². The van der Waals surface area contributed by atoms with Crippen LogP contribution in [0.3, 0.4) is 0 Å². The van der Waals surface area contributed by atoms with E-state index in [0.717, 1.165) is 11.5 Å². The zero-order chi connectivity index (χ0) is 37.5. The van der Waals surface area contributed by atoms with E-state index in [1.54, 1.807) is 0 Å². The lowest BCUT2D eigenvalue weighted by atomic mass is 9.34. The first-order valence-corrected chi connectivity index (χ1v) is 19.3. The summed E-state index contributed by atoms with van der Waals surface area (Å²) < 4.78 is 9.57. The Kier molecular flexibility index (Phi) is 7.17. The quantitative estimate of drug-likeness (QED) is 0.165. The summed E-state index contributed by atoms with van der Waals surface area (Å²) in [5, 5.41) is 2.60. The average molecular weight is 692 g/mol. The zero-order valence-corrected chi connectivity index (χ0v) is 33.5. The fourth-order valence-electron chi connectivity index (χ4n) is 9.75. The van der Waals surface area contributed by atoms with E-state index in [1.807, 2.05) is 0 Å². The molecule has 2 aliphatic rings. The molecule has 3 heterocycles. The first-order chi connectivity index (χ1) is 25.0. The molecule has 2 nitrogen and oxygen atoms in total. The van der Waals surface area contributed by atoms with Gasteiger partial charge >= 0.3 is 0 Å². The number of ether oxygens (including phenoxy) is 1. The number of rotatable bonds is 2. The summed E-state index contributed by atoms with van der Waals surface area (Å²) in [6.07, 6.45) is 0. The summed E-state index contributed by atoms with van der Waals surface area (Å²) in [5.74, 6) is 1.94. The minimum absolute atomic E-state index is 0.00767. The lowest BCUT2D eigenvalue weighted by Gasteiger charge is -2.36. The van der Waals surface area contributed by atoms with Crippen molar-refractivity contribution >= 4 is 44.9 Å². The van der Waals surface area contributed by atoms with Crippen LogP contribution in [0.4, 0.5) is 0 Å². The van der Waals surface area contributed by atoms with Crippen molar-refractivity contribution in [3.8, 4) is 39.4 Å². The van der Waals surface area contributed by atoms with Gasteiger partial charge in [0.25, 0.3) is 6.71 Å². The van der Waals surface area contributed by atoms with Crippen molar-refractivity contribution < 1.29 is 4.74 Å². The molecule has 0 saturated heterocycles. The summed E-state index contributed by atoms with van der Waals surface area (Å²) in [6.45, 7) is 27.3. The van der Waals surface area contributed by atoms with Crippen LogP contribution in [0.5, 0.6) is 11.5 Å². The monoisotopic (exact) mass is 691 g/mol. The van der Waals surface area contributed by atoms with Crippen LogP contribution in [0.2, 0.25) is 0 Å². The van der Waals surface area contributed by atoms with Gasteiger partial charge in [-0.3, -0.25) is 0 Å². The van der Waals surface area contributed by atoms with Crippen molar-refractivity contribution in [1.82, 2.24) is 4.57 Å². The predicted molar refractivity (Wildman–Crippen MR) is 229 cm³/mol. The van der Waals surface area contributed by atoms with Gasteiger partial charge in [-0.05, 0) is 161 Å². The van der Waals surface area contributed by atoms with Gasteiger partial charge < -0.3 is 9.30 Å². The topological polar surface area (TPSA) is 14.2 Å². The molecule has 3 heteroatoms. The summed E-state index contributed by atoms with van der Waals surface area (Å²) in [7, 11) is 0. The zero-order valence-electron chi connectivity index (χ0n) is 33.5. The predicted octanol–water partition coefficient (Wildman–Crippen LogP) is 11.5. The molecular weight excluding hydrogens is 641 g/mol. The summed E-state index contributed by atoms with van der Waals surface area (Å²) >= 11 is 0. The third-order valence-corrected chi connectivity index (χ3v) is 12.1. The van der Waals surface area contributed by atoms with Crippen LogP contribution in [-0.2, 0) is 10.8 Å². The highest BCUT2D eigenvalue weighted by Gasteiger charge is 2.42. The van der Waals surface area contributed by atoms with Crippen LogP contribution < -0.4 is 21.1 Å². The molecule has 6 aromatic carbocycles. The Morgan fingerprint density at radius 3 is 1.70 bits per heavy atom. The minimum atomic E-state index is -0.0544. The molecule has 7 aromatic rings. The molecule has 0 radical (unpaired) electrons. The van der Waals surface area contributed by atoms with E-state index in [-0.39, 0.29) is 17.5 Å². The van der Waals surface area contributed by atoms with Gasteiger partial charge in [0, 0.05) is 22.0 Å². The second kappa shape index (κ2) is 11.2. The molecule has 0 bridgehead atoms. The van der Waals surface area contributed by atoms with Crippen molar-refractivity contribution in [3.63, 3.8) is 0 Å². The summed E-state index contributed by atoms with van der Waals surface area (Å²) in [5.41, 5.74) is 23.3. The van der Waals surface area contributed by atoms with Gasteiger partial charge in [-0.1, -0.05) is 101 Å². The van der Waals surface area contributed by atoms with E-state index in [0.29, 0.717) is 0 Å². The number of aromatic nitrogens is 1. The number of aryl methyl sites for hydroxylation is 6. The van der Waals surface area contributed by atoms with Crippen molar-refractivity contribution in [3.05, 3.63) is 129 Å².